The molecule has 2 rings (SSSR count). The fourth-order valence-corrected chi connectivity index (χ4v) is 1.43. The van der Waals surface area contributed by atoms with Gasteiger partial charge >= 0.3 is 0 Å². The Balaban J connectivity index is 1.99. The molecule has 0 unspecified atom stereocenters. The predicted molar refractivity (Wildman–Crippen MR) is 62.2 cm³/mol. The van der Waals surface area contributed by atoms with Crippen molar-refractivity contribution >= 4 is 0 Å². The zero-order valence-corrected chi connectivity index (χ0v) is 9.98. The molecule has 1 heterocycles. The molecule has 96 valence electrons. The number of nitrogens with zero attached hydrogens (tertiary/aromatic N) is 4. The molecule has 0 aliphatic carbocycles. The molecule has 0 fully saturated rings. The van der Waals surface area contributed by atoms with E-state index in [1.165, 1.54) is 4.68 Å². The van der Waals surface area contributed by atoms with Crippen LogP contribution in [0.4, 0.5) is 0 Å². The van der Waals surface area contributed by atoms with Gasteiger partial charge in [-0.1, -0.05) is 6.07 Å². The number of ether oxygens (including phenoxy) is 2. The molecule has 0 saturated carbocycles. The van der Waals surface area contributed by atoms with E-state index in [9.17, 15) is 0 Å². The van der Waals surface area contributed by atoms with Crippen LogP contribution in [0.2, 0.25) is 0 Å². The molecule has 0 radical (unpaired) electrons. The van der Waals surface area contributed by atoms with Gasteiger partial charge in [0.2, 0.25) is 0 Å². The smallest absolute Gasteiger partial charge is 0.189 e. The van der Waals surface area contributed by atoms with Crippen LogP contribution in [0.5, 0.6) is 11.5 Å². The molecule has 1 N–H and O–H groups in total. The number of benzene rings is 1. The number of tetrazole rings is 1. The summed E-state index contributed by atoms with van der Waals surface area (Å²) in [7, 11) is 1.60. The van der Waals surface area contributed by atoms with Gasteiger partial charge < -0.3 is 14.6 Å². The van der Waals surface area contributed by atoms with E-state index < -0.39 is 0 Å². The predicted octanol–water partition coefficient (Wildman–Crippen LogP) is 0.253. The van der Waals surface area contributed by atoms with Gasteiger partial charge in [0.1, 0.15) is 18.1 Å². The van der Waals surface area contributed by atoms with E-state index in [4.69, 9.17) is 14.6 Å². The van der Waals surface area contributed by atoms with Crippen LogP contribution in [-0.2, 0) is 13.2 Å². The van der Waals surface area contributed by atoms with Gasteiger partial charge in [0.25, 0.3) is 0 Å². The SMILES string of the molecule is COc1cccc(OCc2nnnn2CCO)c1. The minimum atomic E-state index is -0.0167. The van der Waals surface area contributed by atoms with Crippen LogP contribution in [0.1, 0.15) is 5.82 Å². The van der Waals surface area contributed by atoms with Crippen molar-refractivity contribution in [2.24, 2.45) is 0 Å². The lowest BCUT2D eigenvalue weighted by atomic mass is 10.3. The number of aromatic nitrogens is 4. The second-order valence-corrected chi connectivity index (χ2v) is 3.51. The quantitative estimate of drug-likeness (QED) is 0.791. The fraction of sp³-hybridized carbons (Fsp3) is 0.364. The minimum absolute atomic E-state index is 0.0167. The van der Waals surface area contributed by atoms with E-state index in [2.05, 4.69) is 15.5 Å². The third-order valence-corrected chi connectivity index (χ3v) is 2.33. The van der Waals surface area contributed by atoms with Gasteiger partial charge in [0.05, 0.1) is 20.3 Å². The summed E-state index contributed by atoms with van der Waals surface area (Å²) in [6, 6.07) is 7.27. The highest BCUT2D eigenvalue weighted by molar-refractivity contribution is 5.32. The lowest BCUT2D eigenvalue weighted by Crippen LogP contribution is -2.11. The summed E-state index contributed by atoms with van der Waals surface area (Å²) < 4.78 is 12.2. The molecule has 0 saturated heterocycles. The van der Waals surface area contributed by atoms with Gasteiger partial charge in [0, 0.05) is 6.07 Å². The van der Waals surface area contributed by atoms with Crippen molar-refractivity contribution in [1.29, 1.82) is 0 Å². The number of methoxy groups -OCH3 is 1. The molecule has 1 aromatic heterocycles. The maximum absolute atomic E-state index is 8.84. The molecule has 7 nitrogen and oxygen atoms in total. The Morgan fingerprint density at radius 1 is 1.33 bits per heavy atom. The van der Waals surface area contributed by atoms with E-state index in [0.717, 1.165) is 5.75 Å². The van der Waals surface area contributed by atoms with Crippen molar-refractivity contribution in [3.05, 3.63) is 30.1 Å². The van der Waals surface area contributed by atoms with E-state index in [-0.39, 0.29) is 13.2 Å². The van der Waals surface area contributed by atoms with Crippen LogP contribution in [0.3, 0.4) is 0 Å². The number of rotatable bonds is 6. The van der Waals surface area contributed by atoms with E-state index in [0.29, 0.717) is 18.1 Å². The van der Waals surface area contributed by atoms with Crippen molar-refractivity contribution < 1.29 is 14.6 Å². The standard InChI is InChI=1S/C11H14N4O3/c1-17-9-3-2-4-10(7-9)18-8-11-12-13-14-15(11)5-6-16/h2-4,7,16H,5-6,8H2,1H3. The molecule has 2 aromatic rings. The first-order chi connectivity index (χ1) is 8.83. The van der Waals surface area contributed by atoms with Gasteiger partial charge in [-0.15, -0.1) is 5.10 Å². The maximum Gasteiger partial charge on any atom is 0.189 e. The average Bonchev–Trinajstić information content (AvgIpc) is 2.85. The lowest BCUT2D eigenvalue weighted by molar-refractivity contribution is 0.250. The first kappa shape index (κ1) is 12.3. The first-order valence-corrected chi connectivity index (χ1v) is 5.46. The van der Waals surface area contributed by atoms with Crippen LogP contribution in [0.25, 0.3) is 0 Å². The second-order valence-electron chi connectivity index (χ2n) is 3.51. The largest absolute Gasteiger partial charge is 0.497 e. The lowest BCUT2D eigenvalue weighted by Gasteiger charge is -2.07. The molecular weight excluding hydrogens is 236 g/mol. The molecule has 0 amide bonds. The molecule has 0 bridgehead atoms. The Morgan fingerprint density at radius 3 is 2.94 bits per heavy atom. The van der Waals surface area contributed by atoms with Gasteiger partial charge in [-0.2, -0.15) is 0 Å². The second kappa shape index (κ2) is 5.97. The summed E-state index contributed by atoms with van der Waals surface area (Å²) in [5.74, 6) is 1.96. The van der Waals surface area contributed by atoms with Crippen LogP contribution in [0.15, 0.2) is 24.3 Å². The summed E-state index contributed by atoms with van der Waals surface area (Å²) in [5.41, 5.74) is 0. The number of aliphatic hydroxyl groups excluding tert-OH is 1. The Kier molecular flexibility index (Phi) is 4.08. The number of hydrogen-bond donors (Lipinski definition) is 1. The Labute approximate surface area is 104 Å². The van der Waals surface area contributed by atoms with Gasteiger partial charge in [-0.3, -0.25) is 0 Å². The molecule has 18 heavy (non-hydrogen) atoms. The molecule has 0 aliphatic heterocycles. The third kappa shape index (κ3) is 2.95. The molecular formula is C11H14N4O3. The zero-order chi connectivity index (χ0) is 12.8. The third-order valence-electron chi connectivity index (χ3n) is 2.33. The van der Waals surface area contributed by atoms with Crippen molar-refractivity contribution in [2.45, 2.75) is 13.2 Å². The highest BCUT2D eigenvalue weighted by atomic mass is 16.5. The molecule has 0 spiro atoms. The monoisotopic (exact) mass is 250 g/mol. The summed E-state index contributed by atoms with van der Waals surface area (Å²) >= 11 is 0. The summed E-state index contributed by atoms with van der Waals surface area (Å²) in [5, 5.41) is 19.9. The summed E-state index contributed by atoms with van der Waals surface area (Å²) in [6.07, 6.45) is 0. The number of aliphatic hydroxyl groups is 1. The van der Waals surface area contributed by atoms with E-state index >= 15 is 0 Å². The Bertz CT molecular complexity index is 501. The number of hydrogen-bond acceptors (Lipinski definition) is 6. The Morgan fingerprint density at radius 2 is 2.17 bits per heavy atom. The normalized spacial score (nSPS) is 10.3. The molecule has 1 aromatic carbocycles. The van der Waals surface area contributed by atoms with Crippen molar-refractivity contribution in [3.63, 3.8) is 0 Å². The van der Waals surface area contributed by atoms with Gasteiger partial charge in [-0.05, 0) is 22.6 Å². The summed E-state index contributed by atoms with van der Waals surface area (Å²) in [4.78, 5) is 0. The fourth-order valence-electron chi connectivity index (χ4n) is 1.43. The van der Waals surface area contributed by atoms with Crippen LogP contribution < -0.4 is 9.47 Å². The van der Waals surface area contributed by atoms with Gasteiger partial charge in [0.15, 0.2) is 5.82 Å². The van der Waals surface area contributed by atoms with Crippen LogP contribution >= 0.6 is 0 Å². The highest BCUT2D eigenvalue weighted by Crippen LogP contribution is 2.19. The van der Waals surface area contributed by atoms with E-state index in [1.807, 2.05) is 18.2 Å². The molecule has 0 aliphatic rings. The topological polar surface area (TPSA) is 82.3 Å². The zero-order valence-electron chi connectivity index (χ0n) is 9.98. The molecule has 0 atom stereocenters. The maximum atomic E-state index is 8.84. The Hall–Kier alpha value is -2.15. The van der Waals surface area contributed by atoms with Crippen molar-refractivity contribution in [3.8, 4) is 11.5 Å². The van der Waals surface area contributed by atoms with Crippen LogP contribution in [-0.4, -0.2) is 39.0 Å². The first-order valence-electron chi connectivity index (χ1n) is 5.46. The minimum Gasteiger partial charge on any atom is -0.497 e. The van der Waals surface area contributed by atoms with Gasteiger partial charge in [-0.25, -0.2) is 4.68 Å². The van der Waals surface area contributed by atoms with Crippen LogP contribution in [0, 0.1) is 0 Å². The highest BCUT2D eigenvalue weighted by Gasteiger charge is 2.06. The molecule has 7 heteroatoms. The van der Waals surface area contributed by atoms with E-state index in [1.54, 1.807) is 13.2 Å². The average molecular weight is 250 g/mol. The summed E-state index contributed by atoms with van der Waals surface area (Å²) in [6.45, 7) is 0.571. The van der Waals surface area contributed by atoms with Crippen molar-refractivity contribution in [2.75, 3.05) is 13.7 Å². The van der Waals surface area contributed by atoms with Crippen molar-refractivity contribution in [1.82, 2.24) is 20.2 Å².